The van der Waals surface area contributed by atoms with E-state index in [1.54, 1.807) is 0 Å². The molecule has 0 aliphatic rings. The molecule has 0 radical (unpaired) electrons. The number of unbranched alkanes of at least 4 members (excludes halogenated alkanes) is 2. The lowest BCUT2D eigenvalue weighted by atomic mass is 10.1. The second-order valence-corrected chi connectivity index (χ2v) is 8.49. The summed E-state index contributed by atoms with van der Waals surface area (Å²) in [5.41, 5.74) is 4.48. The zero-order valence-electron chi connectivity index (χ0n) is 18.1. The minimum Gasteiger partial charge on any atom is -0.356 e. The lowest BCUT2D eigenvalue weighted by molar-refractivity contribution is -0.120. The predicted octanol–water partition coefficient (Wildman–Crippen LogP) is 5.81. The molecular weight excluding hydrogens is 418 g/mol. The van der Waals surface area contributed by atoms with E-state index in [0.717, 1.165) is 49.1 Å². The number of para-hydroxylation sites is 2. The van der Waals surface area contributed by atoms with Gasteiger partial charge in [0.2, 0.25) is 5.91 Å². The van der Waals surface area contributed by atoms with Crippen molar-refractivity contribution in [3.63, 3.8) is 0 Å². The van der Waals surface area contributed by atoms with Crippen molar-refractivity contribution in [3.8, 4) is 0 Å². The zero-order chi connectivity index (χ0) is 22.2. The van der Waals surface area contributed by atoms with Crippen LogP contribution < -0.4 is 5.32 Å². The van der Waals surface area contributed by atoms with E-state index >= 15 is 0 Å². The molecule has 5 heteroatoms. The molecule has 32 heavy (non-hydrogen) atoms. The van der Waals surface area contributed by atoms with Gasteiger partial charge in [-0.05, 0) is 48.2 Å². The summed E-state index contributed by atoms with van der Waals surface area (Å²) in [5, 5.41) is 3.70. The van der Waals surface area contributed by atoms with Gasteiger partial charge in [0.15, 0.2) is 0 Å². The molecular formula is C27H28ClN3O. The van der Waals surface area contributed by atoms with Gasteiger partial charge >= 0.3 is 0 Å². The van der Waals surface area contributed by atoms with Gasteiger partial charge in [0.05, 0.1) is 17.5 Å². The van der Waals surface area contributed by atoms with Crippen molar-refractivity contribution in [2.75, 3.05) is 6.54 Å². The number of imidazole rings is 1. The molecule has 4 rings (SSSR count). The molecule has 0 bridgehead atoms. The Hall–Kier alpha value is -3.11. The summed E-state index contributed by atoms with van der Waals surface area (Å²) >= 11 is 5.89. The Morgan fingerprint density at radius 1 is 0.844 bits per heavy atom. The van der Waals surface area contributed by atoms with Gasteiger partial charge in [0.1, 0.15) is 5.82 Å². The van der Waals surface area contributed by atoms with Crippen LogP contribution in [0.4, 0.5) is 0 Å². The average molecular weight is 446 g/mol. The molecule has 1 amide bonds. The summed E-state index contributed by atoms with van der Waals surface area (Å²) < 4.78 is 2.33. The third-order valence-electron chi connectivity index (χ3n) is 5.59. The summed E-state index contributed by atoms with van der Waals surface area (Å²) in [6, 6.07) is 26.3. The van der Waals surface area contributed by atoms with Crippen LogP contribution in [0.3, 0.4) is 0 Å². The lowest BCUT2D eigenvalue weighted by Crippen LogP contribution is -2.26. The van der Waals surface area contributed by atoms with Crippen molar-refractivity contribution in [1.29, 1.82) is 0 Å². The van der Waals surface area contributed by atoms with Gasteiger partial charge in [-0.1, -0.05) is 72.6 Å². The maximum absolute atomic E-state index is 12.1. The van der Waals surface area contributed by atoms with Crippen LogP contribution in [0.15, 0.2) is 78.9 Å². The molecule has 0 aliphatic heterocycles. The molecule has 4 aromatic rings. The van der Waals surface area contributed by atoms with Gasteiger partial charge in [-0.3, -0.25) is 4.79 Å². The SMILES string of the molecule is O=C(Cc1ccc(Cl)cc1)NCCCCCc1nc2ccccc2n1Cc1ccccc1. The molecule has 1 N–H and O–H groups in total. The first-order valence-electron chi connectivity index (χ1n) is 11.2. The number of aryl methyl sites for hydroxylation is 1. The van der Waals surface area contributed by atoms with Gasteiger partial charge in [-0.15, -0.1) is 0 Å². The van der Waals surface area contributed by atoms with E-state index < -0.39 is 0 Å². The van der Waals surface area contributed by atoms with Gasteiger partial charge in [-0.2, -0.15) is 0 Å². The monoisotopic (exact) mass is 445 g/mol. The van der Waals surface area contributed by atoms with Crippen molar-refractivity contribution in [2.45, 2.75) is 38.6 Å². The largest absolute Gasteiger partial charge is 0.356 e. The number of hydrogen-bond donors (Lipinski definition) is 1. The van der Waals surface area contributed by atoms with E-state index in [4.69, 9.17) is 16.6 Å². The standard InChI is InChI=1S/C27H28ClN3O/c28-23-16-14-21(15-17-23)19-27(32)29-18-8-2-5-13-26-30-24-11-6-7-12-25(24)31(26)20-22-9-3-1-4-10-22/h1,3-4,6-7,9-12,14-17H,2,5,8,13,18-20H2,(H,29,32). The average Bonchev–Trinajstić information content (AvgIpc) is 3.15. The van der Waals surface area contributed by atoms with Crippen molar-refractivity contribution in [1.82, 2.24) is 14.9 Å². The first-order valence-corrected chi connectivity index (χ1v) is 11.6. The minimum absolute atomic E-state index is 0.0528. The fraction of sp³-hybridized carbons (Fsp3) is 0.259. The first kappa shape index (κ1) is 22.1. The van der Waals surface area contributed by atoms with Crippen LogP contribution >= 0.6 is 11.6 Å². The molecule has 164 valence electrons. The molecule has 0 spiro atoms. The quantitative estimate of drug-likeness (QED) is 0.313. The molecule has 0 unspecified atom stereocenters. The van der Waals surface area contributed by atoms with E-state index in [9.17, 15) is 4.79 Å². The molecule has 0 saturated carbocycles. The maximum atomic E-state index is 12.1. The topological polar surface area (TPSA) is 46.9 Å². The van der Waals surface area contributed by atoms with E-state index in [1.807, 2.05) is 36.4 Å². The highest BCUT2D eigenvalue weighted by Gasteiger charge is 2.11. The Morgan fingerprint density at radius 3 is 2.41 bits per heavy atom. The van der Waals surface area contributed by atoms with Crippen LogP contribution in [0.2, 0.25) is 5.02 Å². The molecule has 1 aromatic heterocycles. The number of benzene rings is 3. The number of nitrogens with one attached hydrogen (secondary N) is 1. The zero-order valence-corrected chi connectivity index (χ0v) is 18.9. The van der Waals surface area contributed by atoms with E-state index in [0.29, 0.717) is 18.0 Å². The predicted molar refractivity (Wildman–Crippen MR) is 131 cm³/mol. The van der Waals surface area contributed by atoms with Gasteiger partial charge in [0, 0.05) is 24.5 Å². The molecule has 4 nitrogen and oxygen atoms in total. The van der Waals surface area contributed by atoms with Gasteiger partial charge in [-0.25, -0.2) is 4.98 Å². The molecule has 1 heterocycles. The number of amides is 1. The summed E-state index contributed by atoms with van der Waals surface area (Å²) in [4.78, 5) is 17.0. The number of rotatable bonds is 10. The first-order chi connectivity index (χ1) is 15.7. The smallest absolute Gasteiger partial charge is 0.224 e. The highest BCUT2D eigenvalue weighted by atomic mass is 35.5. The fourth-order valence-electron chi connectivity index (χ4n) is 3.92. The Labute approximate surface area is 194 Å². The number of carbonyl (C=O) groups excluding carboxylic acids is 1. The van der Waals surface area contributed by atoms with Crippen molar-refractivity contribution in [3.05, 3.63) is 101 Å². The highest BCUT2D eigenvalue weighted by molar-refractivity contribution is 6.30. The summed E-state index contributed by atoms with van der Waals surface area (Å²) in [6.45, 7) is 1.53. The second-order valence-electron chi connectivity index (χ2n) is 8.05. The number of aromatic nitrogens is 2. The number of nitrogens with zero attached hydrogens (tertiary/aromatic N) is 2. The Kier molecular flexibility index (Phi) is 7.57. The van der Waals surface area contributed by atoms with Crippen LogP contribution in [-0.2, 0) is 24.2 Å². The van der Waals surface area contributed by atoms with Crippen LogP contribution in [0.25, 0.3) is 11.0 Å². The third-order valence-corrected chi connectivity index (χ3v) is 5.85. The number of carbonyl (C=O) groups is 1. The van der Waals surface area contributed by atoms with E-state index in [2.05, 4.69) is 52.3 Å². The Balaban J connectivity index is 1.26. The van der Waals surface area contributed by atoms with Crippen molar-refractivity contribution < 1.29 is 4.79 Å². The molecule has 0 aliphatic carbocycles. The van der Waals surface area contributed by atoms with Gasteiger partial charge in [0.25, 0.3) is 0 Å². The van der Waals surface area contributed by atoms with Gasteiger partial charge < -0.3 is 9.88 Å². The van der Waals surface area contributed by atoms with Crippen LogP contribution in [0, 0.1) is 0 Å². The summed E-state index contributed by atoms with van der Waals surface area (Å²) in [6.07, 6.45) is 4.38. The fourth-order valence-corrected chi connectivity index (χ4v) is 4.05. The summed E-state index contributed by atoms with van der Waals surface area (Å²) in [5.74, 6) is 1.18. The van der Waals surface area contributed by atoms with E-state index in [1.165, 1.54) is 11.1 Å². The van der Waals surface area contributed by atoms with E-state index in [-0.39, 0.29) is 5.91 Å². The number of fused-ring (bicyclic) bond motifs is 1. The van der Waals surface area contributed by atoms with Crippen LogP contribution in [0.5, 0.6) is 0 Å². The highest BCUT2D eigenvalue weighted by Crippen LogP contribution is 2.19. The summed E-state index contributed by atoms with van der Waals surface area (Å²) in [7, 11) is 0. The van der Waals surface area contributed by atoms with Crippen molar-refractivity contribution in [2.24, 2.45) is 0 Å². The van der Waals surface area contributed by atoms with Crippen molar-refractivity contribution >= 4 is 28.5 Å². The normalized spacial score (nSPS) is 11.0. The Morgan fingerprint density at radius 2 is 1.59 bits per heavy atom. The molecule has 0 saturated heterocycles. The minimum atomic E-state index is 0.0528. The number of halogens is 1. The maximum Gasteiger partial charge on any atom is 0.224 e. The second kappa shape index (κ2) is 11.0. The third kappa shape index (κ3) is 5.98. The van der Waals surface area contributed by atoms with Crippen LogP contribution in [0.1, 0.15) is 36.2 Å². The van der Waals surface area contributed by atoms with Crippen LogP contribution in [-0.4, -0.2) is 22.0 Å². The number of hydrogen-bond acceptors (Lipinski definition) is 2. The lowest BCUT2D eigenvalue weighted by Gasteiger charge is -2.10. The molecule has 0 atom stereocenters. The molecule has 0 fully saturated rings. The molecule has 3 aromatic carbocycles. The Bertz CT molecular complexity index is 1150.